The number of halogens is 1. The van der Waals surface area contributed by atoms with E-state index in [4.69, 9.17) is 4.74 Å². The highest BCUT2D eigenvalue weighted by atomic mass is 19.1. The summed E-state index contributed by atoms with van der Waals surface area (Å²) in [5.41, 5.74) is 1.46. The van der Waals surface area contributed by atoms with Crippen molar-refractivity contribution in [1.82, 2.24) is 15.2 Å². The molecule has 7 heteroatoms. The summed E-state index contributed by atoms with van der Waals surface area (Å²) < 4.78 is 18.7. The molecule has 1 N–H and O–H groups in total. The lowest BCUT2D eigenvalue weighted by atomic mass is 10.2. The van der Waals surface area contributed by atoms with Crippen molar-refractivity contribution in [2.45, 2.75) is 6.92 Å². The minimum absolute atomic E-state index is 0.128. The predicted molar refractivity (Wildman–Crippen MR) is 100 cm³/mol. The van der Waals surface area contributed by atoms with Crippen molar-refractivity contribution in [2.24, 2.45) is 0 Å². The van der Waals surface area contributed by atoms with Gasteiger partial charge in [0.25, 0.3) is 0 Å². The second kappa shape index (κ2) is 10.2. The first-order chi connectivity index (χ1) is 12.7. The zero-order valence-corrected chi connectivity index (χ0v) is 15.2. The normalized spacial score (nSPS) is 15.7. The van der Waals surface area contributed by atoms with E-state index in [1.165, 1.54) is 6.20 Å². The molecule has 140 valence electrons. The smallest absolute Gasteiger partial charge is 0.317 e. The quantitative estimate of drug-likeness (QED) is 0.626. The number of ether oxygens (including phenoxy) is 1. The molecule has 2 amide bonds. The van der Waals surface area contributed by atoms with Crippen LogP contribution >= 0.6 is 0 Å². The molecule has 0 spiro atoms. The Labute approximate surface area is 153 Å². The molecule has 0 radical (unpaired) electrons. The number of carbonyl (C=O) groups excluding carboxylic acids is 1. The summed E-state index contributed by atoms with van der Waals surface area (Å²) in [4.78, 5) is 19.8. The fraction of sp³-hybridized carbons (Fsp3) is 0.368. The number of nitrogens with one attached hydrogen (secondary N) is 1. The van der Waals surface area contributed by atoms with E-state index in [0.29, 0.717) is 38.4 Å². The number of pyridine rings is 1. The van der Waals surface area contributed by atoms with Crippen LogP contribution in [0.5, 0.6) is 0 Å². The Hall–Kier alpha value is -2.83. The molecule has 6 nitrogen and oxygen atoms in total. The van der Waals surface area contributed by atoms with Gasteiger partial charge in [-0.2, -0.15) is 0 Å². The molecule has 2 heterocycles. The maximum Gasteiger partial charge on any atom is 0.317 e. The third-order valence-electron chi connectivity index (χ3n) is 4.02. The predicted octanol–water partition coefficient (Wildman–Crippen LogP) is 2.71. The first kappa shape index (κ1) is 19.5. The van der Waals surface area contributed by atoms with Crippen molar-refractivity contribution in [3.8, 4) is 0 Å². The van der Waals surface area contributed by atoms with Crippen LogP contribution in [0.3, 0.4) is 0 Å². The van der Waals surface area contributed by atoms with Crippen molar-refractivity contribution in [3.05, 3.63) is 60.4 Å². The van der Waals surface area contributed by atoms with Gasteiger partial charge in [0.05, 0.1) is 25.3 Å². The van der Waals surface area contributed by atoms with Gasteiger partial charge in [0.2, 0.25) is 0 Å². The van der Waals surface area contributed by atoms with Gasteiger partial charge in [-0.25, -0.2) is 9.18 Å². The van der Waals surface area contributed by atoms with E-state index in [2.05, 4.69) is 10.3 Å². The van der Waals surface area contributed by atoms with Gasteiger partial charge >= 0.3 is 6.03 Å². The minimum atomic E-state index is -0.339. The summed E-state index contributed by atoms with van der Waals surface area (Å²) in [5, 5.41) is 2.91. The lowest BCUT2D eigenvalue weighted by Crippen LogP contribution is -2.52. The van der Waals surface area contributed by atoms with Gasteiger partial charge in [0.15, 0.2) is 5.82 Å². The molecule has 1 aliphatic heterocycles. The van der Waals surface area contributed by atoms with E-state index < -0.39 is 0 Å². The summed E-state index contributed by atoms with van der Waals surface area (Å²) in [6.07, 6.45) is 11.9. The maximum absolute atomic E-state index is 13.8. The largest absolute Gasteiger partial charge is 0.504 e. The van der Waals surface area contributed by atoms with Crippen LogP contribution in [-0.2, 0) is 4.74 Å². The standard InChI is InChI=1S/C19H25FN4O2/c1-3-4-5-16(7-13-26-2)14-22-19(25)24-11-9-23(10-12-24)18-6-8-21-15-17(18)20/h3-8,13,15H,9-12,14H2,1-2H3,(H,22,25)/b4-3-,13-7+,16-5+. The second-order valence-electron chi connectivity index (χ2n) is 5.77. The van der Waals surface area contributed by atoms with Gasteiger partial charge in [0, 0.05) is 38.9 Å². The molecule has 0 bridgehead atoms. The number of aromatic nitrogens is 1. The number of carbonyl (C=O) groups is 1. The first-order valence-electron chi connectivity index (χ1n) is 8.54. The Bertz CT molecular complexity index is 680. The summed E-state index contributed by atoms with van der Waals surface area (Å²) >= 11 is 0. The third kappa shape index (κ3) is 5.61. The minimum Gasteiger partial charge on any atom is -0.504 e. The SMILES string of the molecule is C\C=C/C=C(\C=C\OC)CNC(=O)N1CCN(c2ccncc2F)CC1. The van der Waals surface area contributed by atoms with Gasteiger partial charge in [-0.1, -0.05) is 18.2 Å². The van der Waals surface area contributed by atoms with Crippen molar-refractivity contribution in [3.63, 3.8) is 0 Å². The summed E-state index contributed by atoms with van der Waals surface area (Å²) in [7, 11) is 1.58. The number of methoxy groups -OCH3 is 1. The van der Waals surface area contributed by atoms with Crippen molar-refractivity contribution >= 4 is 11.7 Å². The Morgan fingerprint density at radius 3 is 2.81 bits per heavy atom. The highest BCUT2D eigenvalue weighted by molar-refractivity contribution is 5.75. The fourth-order valence-electron chi connectivity index (χ4n) is 2.61. The zero-order chi connectivity index (χ0) is 18.8. The van der Waals surface area contributed by atoms with Crippen LogP contribution < -0.4 is 10.2 Å². The van der Waals surface area contributed by atoms with E-state index in [-0.39, 0.29) is 11.8 Å². The molecule has 1 aromatic rings. The Morgan fingerprint density at radius 2 is 2.15 bits per heavy atom. The molecule has 0 aliphatic carbocycles. The Kier molecular flexibility index (Phi) is 7.67. The average Bonchev–Trinajstić information content (AvgIpc) is 2.67. The number of amides is 2. The molecule has 0 aromatic carbocycles. The molecule has 0 saturated carbocycles. The zero-order valence-electron chi connectivity index (χ0n) is 15.2. The average molecular weight is 360 g/mol. The van der Waals surface area contributed by atoms with E-state index in [1.54, 1.807) is 30.5 Å². The Balaban J connectivity index is 1.86. The lowest BCUT2D eigenvalue weighted by molar-refractivity contribution is 0.195. The Morgan fingerprint density at radius 1 is 1.38 bits per heavy atom. The van der Waals surface area contributed by atoms with Crippen LogP contribution in [0.1, 0.15) is 6.92 Å². The molecular weight excluding hydrogens is 335 g/mol. The van der Waals surface area contributed by atoms with Crippen LogP contribution in [0, 0.1) is 5.82 Å². The molecule has 0 unspecified atom stereocenters. The molecule has 1 aliphatic rings. The van der Waals surface area contributed by atoms with E-state index >= 15 is 0 Å². The summed E-state index contributed by atoms with van der Waals surface area (Å²) in [6.45, 7) is 4.57. The molecule has 1 saturated heterocycles. The van der Waals surface area contributed by atoms with Gasteiger partial charge < -0.3 is 19.9 Å². The van der Waals surface area contributed by atoms with Crippen molar-refractivity contribution < 1.29 is 13.9 Å². The number of hydrogen-bond donors (Lipinski definition) is 1. The number of urea groups is 1. The molecule has 2 rings (SSSR count). The molecule has 26 heavy (non-hydrogen) atoms. The topological polar surface area (TPSA) is 57.7 Å². The van der Waals surface area contributed by atoms with E-state index in [9.17, 15) is 9.18 Å². The number of allylic oxidation sites excluding steroid dienone is 3. The summed E-state index contributed by atoms with van der Waals surface area (Å²) in [5.74, 6) is -0.339. The first-order valence-corrected chi connectivity index (χ1v) is 8.54. The second-order valence-corrected chi connectivity index (χ2v) is 5.77. The van der Waals surface area contributed by atoms with Gasteiger partial charge in [-0.05, 0) is 24.6 Å². The monoisotopic (exact) mass is 360 g/mol. The molecule has 1 fully saturated rings. The van der Waals surface area contributed by atoms with Crippen molar-refractivity contribution in [1.29, 1.82) is 0 Å². The number of anilines is 1. The van der Waals surface area contributed by atoms with Crippen LogP contribution in [0.4, 0.5) is 14.9 Å². The van der Waals surface area contributed by atoms with Crippen molar-refractivity contribution in [2.75, 3.05) is 44.7 Å². The van der Waals surface area contributed by atoms with Crippen LogP contribution in [0.2, 0.25) is 0 Å². The highest BCUT2D eigenvalue weighted by Crippen LogP contribution is 2.19. The number of hydrogen-bond acceptors (Lipinski definition) is 4. The van der Waals surface area contributed by atoms with Crippen LogP contribution in [0.25, 0.3) is 0 Å². The lowest BCUT2D eigenvalue weighted by Gasteiger charge is -2.36. The van der Waals surface area contributed by atoms with Crippen LogP contribution in [0.15, 0.2) is 54.6 Å². The molecule has 0 atom stereocenters. The molecular formula is C19H25FN4O2. The van der Waals surface area contributed by atoms with Crippen LogP contribution in [-0.4, -0.2) is 55.7 Å². The number of nitrogens with zero attached hydrogens (tertiary/aromatic N) is 3. The third-order valence-corrected chi connectivity index (χ3v) is 4.02. The van der Waals surface area contributed by atoms with Gasteiger partial charge in [-0.3, -0.25) is 4.98 Å². The highest BCUT2D eigenvalue weighted by Gasteiger charge is 2.22. The summed E-state index contributed by atoms with van der Waals surface area (Å²) in [6, 6.07) is 1.53. The number of rotatable bonds is 6. The number of piperazine rings is 1. The van der Waals surface area contributed by atoms with E-state index in [1.807, 2.05) is 36.1 Å². The maximum atomic E-state index is 13.8. The van der Waals surface area contributed by atoms with Gasteiger partial charge in [0.1, 0.15) is 0 Å². The van der Waals surface area contributed by atoms with E-state index in [0.717, 1.165) is 5.57 Å². The molecule has 1 aromatic heterocycles. The fourth-order valence-corrected chi connectivity index (χ4v) is 2.61. The van der Waals surface area contributed by atoms with Gasteiger partial charge in [-0.15, -0.1) is 0 Å².